The van der Waals surface area contributed by atoms with Gasteiger partial charge in [-0.15, -0.1) is 0 Å². The molecule has 0 aromatic heterocycles. The molecule has 0 unspecified atom stereocenters. The molecule has 106 valence electrons. The molecule has 20 heavy (non-hydrogen) atoms. The van der Waals surface area contributed by atoms with Gasteiger partial charge in [0.1, 0.15) is 6.04 Å². The molecule has 0 spiro atoms. The van der Waals surface area contributed by atoms with Crippen molar-refractivity contribution >= 4 is 23.4 Å². The predicted molar refractivity (Wildman–Crippen MR) is 76.2 cm³/mol. The third-order valence-corrected chi connectivity index (χ3v) is 4.47. The average Bonchev–Trinajstić information content (AvgIpc) is 3.16. The van der Waals surface area contributed by atoms with E-state index in [2.05, 4.69) is 12.2 Å². The van der Waals surface area contributed by atoms with Crippen molar-refractivity contribution in [2.75, 3.05) is 13.1 Å². The minimum absolute atomic E-state index is 0.0749. The first-order valence-corrected chi connectivity index (χ1v) is 7.30. The van der Waals surface area contributed by atoms with Gasteiger partial charge in [0, 0.05) is 29.6 Å². The third kappa shape index (κ3) is 2.29. The van der Waals surface area contributed by atoms with Gasteiger partial charge in [0.05, 0.1) is 0 Å². The summed E-state index contributed by atoms with van der Waals surface area (Å²) in [4.78, 5) is 26.4. The molecule has 1 saturated heterocycles. The first-order chi connectivity index (χ1) is 9.59. The van der Waals surface area contributed by atoms with E-state index in [0.29, 0.717) is 29.6 Å². The molecule has 0 bridgehead atoms. The number of nitrogens with one attached hydrogen (secondary N) is 1. The fraction of sp³-hybridized carbons (Fsp3) is 0.467. The van der Waals surface area contributed by atoms with Gasteiger partial charge in [-0.1, -0.05) is 36.7 Å². The Morgan fingerprint density at radius 1 is 1.40 bits per heavy atom. The summed E-state index contributed by atoms with van der Waals surface area (Å²) in [5.74, 6) is 0.438. The summed E-state index contributed by atoms with van der Waals surface area (Å²) in [5.41, 5.74) is 0.702. The lowest BCUT2D eigenvalue weighted by Crippen LogP contribution is -2.52. The van der Waals surface area contributed by atoms with Crippen LogP contribution in [0.3, 0.4) is 0 Å². The summed E-state index contributed by atoms with van der Waals surface area (Å²) in [7, 11) is 0. The van der Waals surface area contributed by atoms with Crippen molar-refractivity contribution in [1.82, 2.24) is 10.2 Å². The van der Waals surface area contributed by atoms with Gasteiger partial charge in [-0.3, -0.25) is 9.59 Å². The molecule has 3 rings (SSSR count). The first-order valence-electron chi connectivity index (χ1n) is 6.92. The van der Waals surface area contributed by atoms with Crippen molar-refractivity contribution in [3.8, 4) is 0 Å². The Kier molecular flexibility index (Phi) is 3.42. The number of halogens is 1. The van der Waals surface area contributed by atoms with E-state index in [9.17, 15) is 9.59 Å². The van der Waals surface area contributed by atoms with E-state index in [-0.39, 0.29) is 17.7 Å². The van der Waals surface area contributed by atoms with Crippen molar-refractivity contribution in [1.29, 1.82) is 0 Å². The van der Waals surface area contributed by atoms with Crippen LogP contribution in [0.5, 0.6) is 0 Å². The monoisotopic (exact) mass is 292 g/mol. The summed E-state index contributed by atoms with van der Waals surface area (Å²) in [5, 5.41) is 3.35. The van der Waals surface area contributed by atoms with E-state index in [0.717, 1.165) is 6.42 Å². The second-order valence-electron chi connectivity index (χ2n) is 5.57. The van der Waals surface area contributed by atoms with E-state index >= 15 is 0 Å². The maximum Gasteiger partial charge on any atom is 0.247 e. The van der Waals surface area contributed by atoms with Crippen LogP contribution in [0.4, 0.5) is 0 Å². The number of rotatable bonds is 2. The van der Waals surface area contributed by atoms with Crippen LogP contribution in [0.1, 0.15) is 24.9 Å². The number of carbonyl (C=O) groups excluding carboxylic acids is 2. The molecule has 1 aliphatic heterocycles. The minimum atomic E-state index is -0.599. The van der Waals surface area contributed by atoms with Crippen molar-refractivity contribution < 1.29 is 9.59 Å². The highest BCUT2D eigenvalue weighted by Crippen LogP contribution is 2.41. The van der Waals surface area contributed by atoms with E-state index in [4.69, 9.17) is 11.6 Å². The van der Waals surface area contributed by atoms with Crippen LogP contribution in [0.25, 0.3) is 0 Å². The van der Waals surface area contributed by atoms with Crippen molar-refractivity contribution in [2.24, 2.45) is 11.8 Å². The first kappa shape index (κ1) is 13.4. The van der Waals surface area contributed by atoms with Gasteiger partial charge >= 0.3 is 0 Å². The molecular weight excluding hydrogens is 276 g/mol. The SMILES string of the molecule is C[C@@H]1C[C@H]1C(=O)N1CCNC(=O)[C@@H]1c1ccccc1Cl. The summed E-state index contributed by atoms with van der Waals surface area (Å²) in [6, 6.07) is 6.63. The van der Waals surface area contributed by atoms with Crippen LogP contribution < -0.4 is 5.32 Å². The van der Waals surface area contributed by atoms with E-state index in [1.807, 2.05) is 18.2 Å². The van der Waals surface area contributed by atoms with Crippen LogP contribution in [0.15, 0.2) is 24.3 Å². The Balaban J connectivity index is 1.93. The fourth-order valence-electron chi connectivity index (χ4n) is 2.79. The largest absolute Gasteiger partial charge is 0.352 e. The normalized spacial score (nSPS) is 29.0. The molecule has 2 amide bonds. The van der Waals surface area contributed by atoms with Crippen LogP contribution in [-0.4, -0.2) is 29.8 Å². The second kappa shape index (κ2) is 5.09. The Morgan fingerprint density at radius 2 is 2.10 bits per heavy atom. The Bertz CT molecular complexity index is 561. The van der Waals surface area contributed by atoms with Crippen LogP contribution in [0, 0.1) is 11.8 Å². The summed E-state index contributed by atoms with van der Waals surface area (Å²) >= 11 is 6.20. The van der Waals surface area contributed by atoms with Crippen LogP contribution >= 0.6 is 11.6 Å². The molecule has 0 radical (unpaired) electrons. The average molecular weight is 293 g/mol. The summed E-state index contributed by atoms with van der Waals surface area (Å²) < 4.78 is 0. The molecule has 2 fully saturated rings. The Hall–Kier alpha value is -1.55. The lowest BCUT2D eigenvalue weighted by atomic mass is 10.0. The summed E-state index contributed by atoms with van der Waals surface area (Å²) in [6.45, 7) is 3.12. The molecule has 1 aromatic rings. The number of carbonyl (C=O) groups is 2. The predicted octanol–water partition coefficient (Wildman–Crippen LogP) is 2.00. The highest BCUT2D eigenvalue weighted by Gasteiger charge is 2.45. The molecular formula is C15H17ClN2O2. The molecule has 5 heteroatoms. The second-order valence-corrected chi connectivity index (χ2v) is 5.97. The van der Waals surface area contributed by atoms with Crippen LogP contribution in [-0.2, 0) is 9.59 Å². The fourth-order valence-corrected chi connectivity index (χ4v) is 3.03. The standard InChI is InChI=1S/C15H17ClN2O2/c1-9-8-11(9)15(20)18-7-6-17-14(19)13(18)10-4-2-3-5-12(10)16/h2-5,9,11,13H,6-8H2,1H3,(H,17,19)/t9-,11-,13+/m1/s1. The van der Waals surface area contributed by atoms with E-state index in [1.165, 1.54) is 0 Å². The zero-order valence-electron chi connectivity index (χ0n) is 11.3. The smallest absolute Gasteiger partial charge is 0.247 e. The van der Waals surface area contributed by atoms with Gasteiger partial charge in [0.2, 0.25) is 11.8 Å². The summed E-state index contributed by atoms with van der Waals surface area (Å²) in [6.07, 6.45) is 0.923. The maximum atomic E-state index is 12.5. The third-order valence-electron chi connectivity index (χ3n) is 4.12. The van der Waals surface area contributed by atoms with Crippen molar-refractivity contribution in [3.05, 3.63) is 34.9 Å². The molecule has 1 heterocycles. The Labute approximate surface area is 123 Å². The minimum Gasteiger partial charge on any atom is -0.352 e. The highest BCUT2D eigenvalue weighted by molar-refractivity contribution is 6.31. The quantitative estimate of drug-likeness (QED) is 0.906. The molecule has 1 aliphatic carbocycles. The zero-order valence-corrected chi connectivity index (χ0v) is 12.1. The highest BCUT2D eigenvalue weighted by atomic mass is 35.5. The van der Waals surface area contributed by atoms with E-state index < -0.39 is 6.04 Å². The molecule has 1 saturated carbocycles. The molecule has 1 N–H and O–H groups in total. The Morgan fingerprint density at radius 3 is 2.75 bits per heavy atom. The number of piperazine rings is 1. The van der Waals surface area contributed by atoms with Crippen LogP contribution in [0.2, 0.25) is 5.02 Å². The van der Waals surface area contributed by atoms with Gasteiger partial charge in [-0.2, -0.15) is 0 Å². The molecule has 2 aliphatic rings. The van der Waals surface area contributed by atoms with Gasteiger partial charge in [-0.05, 0) is 18.4 Å². The van der Waals surface area contributed by atoms with Gasteiger partial charge in [0.15, 0.2) is 0 Å². The lowest BCUT2D eigenvalue weighted by molar-refractivity contribution is -0.144. The molecule has 4 nitrogen and oxygen atoms in total. The number of hydrogen-bond donors (Lipinski definition) is 1. The van der Waals surface area contributed by atoms with Gasteiger partial charge in [0.25, 0.3) is 0 Å². The van der Waals surface area contributed by atoms with Gasteiger partial charge in [-0.25, -0.2) is 0 Å². The number of amides is 2. The zero-order chi connectivity index (χ0) is 14.3. The maximum absolute atomic E-state index is 12.5. The molecule has 1 aromatic carbocycles. The molecule has 3 atom stereocenters. The van der Waals surface area contributed by atoms with Crippen molar-refractivity contribution in [3.63, 3.8) is 0 Å². The number of benzene rings is 1. The number of nitrogens with zero attached hydrogens (tertiary/aromatic N) is 1. The van der Waals surface area contributed by atoms with Crippen molar-refractivity contribution in [2.45, 2.75) is 19.4 Å². The lowest BCUT2D eigenvalue weighted by Gasteiger charge is -2.36. The van der Waals surface area contributed by atoms with Gasteiger partial charge < -0.3 is 10.2 Å². The number of hydrogen-bond acceptors (Lipinski definition) is 2. The topological polar surface area (TPSA) is 49.4 Å². The van der Waals surface area contributed by atoms with E-state index in [1.54, 1.807) is 11.0 Å².